The number of fused-ring (bicyclic) bond motifs is 4. The molecule has 0 saturated heterocycles. The van der Waals surface area contributed by atoms with Gasteiger partial charge in [0.25, 0.3) is 0 Å². The van der Waals surface area contributed by atoms with Gasteiger partial charge in [0.05, 0.1) is 11.6 Å². The van der Waals surface area contributed by atoms with Gasteiger partial charge in [-0.25, -0.2) is 0 Å². The molecule has 2 bridgehead atoms. The van der Waals surface area contributed by atoms with E-state index in [1.54, 1.807) is 0 Å². The highest BCUT2D eigenvalue weighted by molar-refractivity contribution is 9.10. The zero-order chi connectivity index (χ0) is 22.3. The van der Waals surface area contributed by atoms with Crippen LogP contribution in [0.5, 0.6) is 0 Å². The first-order chi connectivity index (χ1) is 15.4. The minimum atomic E-state index is -0.755. The highest BCUT2D eigenvalue weighted by Crippen LogP contribution is 2.53. The fourth-order valence-electron chi connectivity index (χ4n) is 5.85. The van der Waals surface area contributed by atoms with Crippen LogP contribution in [0.2, 0.25) is 0 Å². The van der Waals surface area contributed by atoms with Gasteiger partial charge in [-0.1, -0.05) is 82.7 Å². The van der Waals surface area contributed by atoms with Crippen LogP contribution in [-0.4, -0.2) is 16.4 Å². The van der Waals surface area contributed by atoms with E-state index in [-0.39, 0.29) is 17.4 Å². The third-order valence-electron chi connectivity index (χ3n) is 7.60. The van der Waals surface area contributed by atoms with Gasteiger partial charge in [0.1, 0.15) is 0 Å². The highest BCUT2D eigenvalue weighted by Gasteiger charge is 2.55. The number of halogens is 1. The fourth-order valence-corrected chi connectivity index (χ4v) is 6.26. The SMILES string of the molecule is C[C@H](N=C1[C@H]2Cc3cc(Br)ccc3[C@]1(Cc1ccccc1)CC[C@@]2(C)O)c1ccccc1. The van der Waals surface area contributed by atoms with E-state index < -0.39 is 5.60 Å². The molecule has 1 N–H and O–H groups in total. The molecular weight excluding hydrogens is 458 g/mol. The second-order valence-electron chi connectivity index (χ2n) is 9.76. The predicted octanol–water partition coefficient (Wildman–Crippen LogP) is 6.85. The molecule has 164 valence electrons. The largest absolute Gasteiger partial charge is 0.389 e. The van der Waals surface area contributed by atoms with Crippen molar-refractivity contribution in [1.82, 2.24) is 0 Å². The van der Waals surface area contributed by atoms with Crippen LogP contribution in [-0.2, 0) is 18.3 Å². The lowest BCUT2D eigenvalue weighted by Crippen LogP contribution is -2.59. The van der Waals surface area contributed by atoms with Gasteiger partial charge in [0.2, 0.25) is 0 Å². The first-order valence-electron chi connectivity index (χ1n) is 11.6. The quantitative estimate of drug-likeness (QED) is 0.428. The monoisotopic (exact) mass is 487 g/mol. The molecule has 0 radical (unpaired) electrons. The van der Waals surface area contributed by atoms with Crippen molar-refractivity contribution in [3.63, 3.8) is 0 Å². The van der Waals surface area contributed by atoms with E-state index in [0.29, 0.717) is 0 Å². The molecule has 2 aliphatic carbocycles. The third-order valence-corrected chi connectivity index (χ3v) is 8.09. The Morgan fingerprint density at radius 2 is 1.69 bits per heavy atom. The van der Waals surface area contributed by atoms with Crippen molar-refractivity contribution in [2.75, 3.05) is 0 Å². The molecule has 3 aromatic carbocycles. The van der Waals surface area contributed by atoms with E-state index in [4.69, 9.17) is 4.99 Å². The summed E-state index contributed by atoms with van der Waals surface area (Å²) in [5.41, 5.74) is 5.50. The van der Waals surface area contributed by atoms with E-state index in [1.807, 2.05) is 6.92 Å². The normalized spacial score (nSPS) is 28.9. The smallest absolute Gasteiger partial charge is 0.0720 e. The van der Waals surface area contributed by atoms with Crippen molar-refractivity contribution in [3.8, 4) is 0 Å². The molecule has 0 aromatic heterocycles. The van der Waals surface area contributed by atoms with Crippen LogP contribution >= 0.6 is 15.9 Å². The standard InChI is InChI=1S/C29H30BrNO/c1-20(22-11-7-4-8-12-22)31-27-26-18-23-17-24(30)13-14-25(23)29(27,16-15-28(26,2)32)19-21-9-5-3-6-10-21/h3-14,17,20,26,32H,15-16,18-19H2,1-2H3/t20-,26+,28+,29+/m0/s1. The van der Waals surface area contributed by atoms with Crippen LogP contribution in [0.1, 0.15) is 55.0 Å². The second-order valence-corrected chi connectivity index (χ2v) is 10.7. The maximum Gasteiger partial charge on any atom is 0.0720 e. The van der Waals surface area contributed by atoms with Crippen molar-refractivity contribution in [3.05, 3.63) is 106 Å². The lowest BCUT2D eigenvalue weighted by molar-refractivity contribution is -0.00650. The fraction of sp³-hybridized carbons (Fsp3) is 0.345. The van der Waals surface area contributed by atoms with Gasteiger partial charge in [-0.15, -0.1) is 0 Å². The predicted molar refractivity (Wildman–Crippen MR) is 135 cm³/mol. The summed E-state index contributed by atoms with van der Waals surface area (Å²) in [5, 5.41) is 11.5. The third kappa shape index (κ3) is 3.76. The molecule has 2 aliphatic rings. The van der Waals surface area contributed by atoms with Gasteiger partial charge in [0, 0.05) is 21.5 Å². The zero-order valence-electron chi connectivity index (χ0n) is 18.8. The lowest BCUT2D eigenvalue weighted by atomic mass is 9.52. The molecule has 4 atom stereocenters. The summed E-state index contributed by atoms with van der Waals surface area (Å²) in [4.78, 5) is 5.42. The van der Waals surface area contributed by atoms with Gasteiger partial charge in [-0.05, 0) is 73.9 Å². The minimum absolute atomic E-state index is 0.0212. The van der Waals surface area contributed by atoms with E-state index in [9.17, 15) is 5.11 Å². The van der Waals surface area contributed by atoms with Crippen molar-refractivity contribution < 1.29 is 5.11 Å². The van der Waals surface area contributed by atoms with Crippen molar-refractivity contribution in [2.45, 2.75) is 56.6 Å². The van der Waals surface area contributed by atoms with Gasteiger partial charge >= 0.3 is 0 Å². The summed E-state index contributed by atoms with van der Waals surface area (Å²) >= 11 is 3.68. The van der Waals surface area contributed by atoms with E-state index >= 15 is 0 Å². The summed E-state index contributed by atoms with van der Waals surface area (Å²) in [6.07, 6.45) is 3.44. The number of benzene rings is 3. The number of aliphatic hydroxyl groups is 1. The Hall–Kier alpha value is -2.23. The molecule has 3 aromatic rings. The van der Waals surface area contributed by atoms with Gasteiger partial charge in [-0.3, -0.25) is 4.99 Å². The average molecular weight is 488 g/mol. The minimum Gasteiger partial charge on any atom is -0.389 e. The van der Waals surface area contributed by atoms with Crippen LogP contribution in [0.25, 0.3) is 0 Å². The first-order valence-corrected chi connectivity index (χ1v) is 12.4. The Balaban J connectivity index is 1.71. The van der Waals surface area contributed by atoms with Crippen LogP contribution in [0, 0.1) is 5.92 Å². The first kappa shape index (κ1) is 21.6. The number of aliphatic imine (C=N–C) groups is 1. The summed E-state index contributed by atoms with van der Waals surface area (Å²) in [6.45, 7) is 4.19. The second kappa shape index (κ2) is 8.28. The average Bonchev–Trinajstić information content (AvgIpc) is 2.79. The van der Waals surface area contributed by atoms with E-state index in [2.05, 4.69) is 102 Å². The molecule has 5 rings (SSSR count). The van der Waals surface area contributed by atoms with E-state index in [1.165, 1.54) is 28.0 Å². The zero-order valence-corrected chi connectivity index (χ0v) is 20.3. The van der Waals surface area contributed by atoms with Crippen molar-refractivity contribution >= 4 is 21.6 Å². The molecule has 0 amide bonds. The Kier molecular flexibility index (Phi) is 5.59. The van der Waals surface area contributed by atoms with Crippen molar-refractivity contribution in [1.29, 1.82) is 0 Å². The topological polar surface area (TPSA) is 32.6 Å². The Morgan fingerprint density at radius 1 is 1.00 bits per heavy atom. The Bertz CT molecular complexity index is 1140. The molecule has 3 heteroatoms. The molecule has 0 heterocycles. The van der Waals surface area contributed by atoms with E-state index in [0.717, 1.165) is 30.2 Å². The Morgan fingerprint density at radius 3 is 2.41 bits per heavy atom. The van der Waals surface area contributed by atoms with Crippen LogP contribution in [0.3, 0.4) is 0 Å². The number of hydrogen-bond donors (Lipinski definition) is 1. The summed E-state index contributed by atoms with van der Waals surface area (Å²) < 4.78 is 1.10. The van der Waals surface area contributed by atoms with Crippen LogP contribution in [0.15, 0.2) is 88.3 Å². The maximum atomic E-state index is 11.5. The summed E-state index contributed by atoms with van der Waals surface area (Å²) in [7, 11) is 0. The van der Waals surface area contributed by atoms with Crippen LogP contribution < -0.4 is 0 Å². The molecule has 0 spiro atoms. The van der Waals surface area contributed by atoms with Crippen molar-refractivity contribution in [2.24, 2.45) is 10.9 Å². The highest BCUT2D eigenvalue weighted by atomic mass is 79.9. The molecule has 2 nitrogen and oxygen atoms in total. The summed E-state index contributed by atoms with van der Waals surface area (Å²) in [5.74, 6) is 0.0212. The molecular formula is C29H30BrNO. The Labute approximate surface area is 199 Å². The van der Waals surface area contributed by atoms with Gasteiger partial charge in [0.15, 0.2) is 0 Å². The maximum absolute atomic E-state index is 11.5. The lowest BCUT2D eigenvalue weighted by Gasteiger charge is -2.54. The molecule has 0 unspecified atom stereocenters. The molecule has 1 saturated carbocycles. The van der Waals surface area contributed by atoms with Gasteiger partial charge < -0.3 is 5.11 Å². The van der Waals surface area contributed by atoms with Crippen LogP contribution in [0.4, 0.5) is 0 Å². The van der Waals surface area contributed by atoms with Gasteiger partial charge in [-0.2, -0.15) is 0 Å². The number of rotatable bonds is 4. The molecule has 0 aliphatic heterocycles. The number of nitrogens with zero attached hydrogens (tertiary/aromatic N) is 1. The summed E-state index contributed by atoms with van der Waals surface area (Å²) in [6, 6.07) is 28.0. The molecule has 32 heavy (non-hydrogen) atoms. The molecule has 1 fully saturated rings. The number of hydrogen-bond acceptors (Lipinski definition) is 2.